The monoisotopic (exact) mass is 328 g/mol. The van der Waals surface area contributed by atoms with Gasteiger partial charge in [-0.2, -0.15) is 18.3 Å². The fourth-order valence-electron chi connectivity index (χ4n) is 2.66. The Morgan fingerprint density at radius 3 is 2.57 bits per heavy atom. The third-order valence-corrected chi connectivity index (χ3v) is 3.69. The van der Waals surface area contributed by atoms with Crippen LogP contribution in [-0.4, -0.2) is 42.1 Å². The molecule has 9 heteroatoms. The molecule has 3 rings (SSSR count). The van der Waals surface area contributed by atoms with Crippen molar-refractivity contribution in [3.05, 3.63) is 29.3 Å². The maximum atomic E-state index is 13.4. The van der Waals surface area contributed by atoms with Crippen LogP contribution < -0.4 is 15.6 Å². The number of nitrogens with zero attached hydrogens (tertiary/aromatic N) is 2. The molecule has 0 aliphatic carbocycles. The first-order chi connectivity index (χ1) is 10.7. The van der Waals surface area contributed by atoms with Crippen LogP contribution in [0.4, 0.5) is 18.9 Å². The van der Waals surface area contributed by atoms with Gasteiger partial charge in [0.2, 0.25) is 0 Å². The lowest BCUT2D eigenvalue weighted by Gasteiger charge is -2.46. The normalized spacial score (nSPS) is 20.3. The predicted molar refractivity (Wildman–Crippen MR) is 77.0 cm³/mol. The summed E-state index contributed by atoms with van der Waals surface area (Å²) in [5.74, 6) is -0.179. The van der Waals surface area contributed by atoms with Crippen LogP contribution in [0, 0.1) is 0 Å². The Labute approximate surface area is 130 Å². The summed E-state index contributed by atoms with van der Waals surface area (Å²) in [5, 5.41) is 16.1. The highest BCUT2D eigenvalue weighted by Gasteiger charge is 2.42. The van der Waals surface area contributed by atoms with Gasteiger partial charge in [-0.1, -0.05) is 0 Å². The molecule has 2 aliphatic heterocycles. The molecule has 3 N–H and O–H groups in total. The molecular formula is C14H15F3N4O2. The number of amidine groups is 1. The number of carbonyl (C=O) groups is 1. The molecule has 124 valence electrons. The van der Waals surface area contributed by atoms with Crippen molar-refractivity contribution in [3.63, 3.8) is 0 Å². The fourth-order valence-corrected chi connectivity index (χ4v) is 2.66. The summed E-state index contributed by atoms with van der Waals surface area (Å²) in [5.41, 5.74) is 0.702. The first-order valence-electron chi connectivity index (χ1n) is 6.95. The second kappa shape index (κ2) is 5.12. The molecule has 0 spiro atoms. The van der Waals surface area contributed by atoms with Crippen LogP contribution in [0.2, 0.25) is 0 Å². The second-order valence-electron chi connectivity index (χ2n) is 5.93. The Bertz CT molecular complexity index is 677. The number of hydrogen-bond donors (Lipinski definition) is 3. The third-order valence-electron chi connectivity index (χ3n) is 3.69. The van der Waals surface area contributed by atoms with Crippen molar-refractivity contribution in [1.82, 2.24) is 10.7 Å². The molecule has 0 atom stereocenters. The molecular weight excluding hydrogens is 313 g/mol. The van der Waals surface area contributed by atoms with Gasteiger partial charge >= 0.3 is 6.18 Å². The minimum atomic E-state index is -4.54. The van der Waals surface area contributed by atoms with E-state index in [1.54, 1.807) is 6.92 Å². The van der Waals surface area contributed by atoms with E-state index in [9.17, 15) is 23.1 Å². The molecule has 23 heavy (non-hydrogen) atoms. The fraction of sp³-hybridized carbons (Fsp3) is 0.429. The Balaban J connectivity index is 1.95. The van der Waals surface area contributed by atoms with E-state index >= 15 is 0 Å². The van der Waals surface area contributed by atoms with E-state index < -0.39 is 17.3 Å². The third kappa shape index (κ3) is 3.09. The summed E-state index contributed by atoms with van der Waals surface area (Å²) in [7, 11) is 0. The largest absolute Gasteiger partial charge is 0.418 e. The predicted octanol–water partition coefficient (Wildman–Crippen LogP) is 0.657. The molecule has 1 aromatic rings. The van der Waals surface area contributed by atoms with Crippen molar-refractivity contribution < 1.29 is 23.1 Å². The second-order valence-corrected chi connectivity index (χ2v) is 5.93. The number of aliphatic hydroxyl groups is 1. The van der Waals surface area contributed by atoms with Crippen molar-refractivity contribution in [2.45, 2.75) is 18.7 Å². The summed E-state index contributed by atoms with van der Waals surface area (Å²) in [6.07, 6.45) is -4.54. The first-order valence-corrected chi connectivity index (χ1v) is 6.95. The summed E-state index contributed by atoms with van der Waals surface area (Å²) < 4.78 is 40.1. The molecule has 0 radical (unpaired) electrons. The van der Waals surface area contributed by atoms with Gasteiger partial charge in [0.05, 0.1) is 17.7 Å². The Kier molecular flexibility index (Phi) is 3.47. The standard InChI is InChI=1S/C14H15F3N4O2/c1-13(23)6-21(7-13)10-3-2-8(4-9(10)14(15,16)17)12-18-5-11(22)19-20-12/h2-4,23H,5-7H2,1H3,(H,18,20)(H,19,22). The molecule has 1 fully saturated rings. The quantitative estimate of drug-likeness (QED) is 0.745. The summed E-state index contributed by atoms with van der Waals surface area (Å²) >= 11 is 0. The number of amides is 1. The van der Waals surface area contributed by atoms with Crippen LogP contribution in [0.3, 0.4) is 0 Å². The summed E-state index contributed by atoms with van der Waals surface area (Å²) in [4.78, 5) is 12.5. The highest BCUT2D eigenvalue weighted by Crippen LogP contribution is 2.40. The number of anilines is 1. The van der Waals surface area contributed by atoms with Gasteiger partial charge in [-0.15, -0.1) is 0 Å². The van der Waals surface area contributed by atoms with Crippen molar-refractivity contribution in [2.75, 3.05) is 24.5 Å². The number of hydrazone groups is 1. The van der Waals surface area contributed by atoms with Crippen molar-refractivity contribution in [1.29, 1.82) is 0 Å². The van der Waals surface area contributed by atoms with Gasteiger partial charge in [0.15, 0.2) is 5.84 Å². The lowest BCUT2D eigenvalue weighted by molar-refractivity contribution is -0.137. The molecule has 0 aromatic heterocycles. The molecule has 1 amide bonds. The van der Waals surface area contributed by atoms with Gasteiger partial charge in [-0.25, -0.2) is 5.43 Å². The molecule has 2 heterocycles. The topological polar surface area (TPSA) is 77.0 Å². The minimum Gasteiger partial charge on any atom is -0.386 e. The Hall–Kier alpha value is -2.29. The summed E-state index contributed by atoms with van der Waals surface area (Å²) in [6, 6.07) is 3.85. The van der Waals surface area contributed by atoms with Crippen molar-refractivity contribution in [3.8, 4) is 0 Å². The van der Waals surface area contributed by atoms with Crippen LogP contribution in [-0.2, 0) is 11.0 Å². The van der Waals surface area contributed by atoms with Crippen LogP contribution in [0.1, 0.15) is 18.1 Å². The molecule has 1 saturated heterocycles. The zero-order valence-corrected chi connectivity index (χ0v) is 12.2. The Morgan fingerprint density at radius 2 is 2.04 bits per heavy atom. The lowest BCUT2D eigenvalue weighted by atomic mass is 9.94. The number of carbonyl (C=O) groups excluding carboxylic acids is 1. The number of hydrogen-bond acceptors (Lipinski definition) is 5. The van der Waals surface area contributed by atoms with E-state index in [2.05, 4.69) is 15.8 Å². The maximum absolute atomic E-state index is 13.4. The van der Waals surface area contributed by atoms with E-state index in [4.69, 9.17) is 0 Å². The van der Waals surface area contributed by atoms with Gasteiger partial charge in [0, 0.05) is 24.3 Å². The van der Waals surface area contributed by atoms with Crippen LogP contribution in [0.5, 0.6) is 0 Å². The average molecular weight is 328 g/mol. The van der Waals surface area contributed by atoms with Crippen LogP contribution in [0.15, 0.2) is 23.3 Å². The molecule has 0 unspecified atom stereocenters. The molecule has 0 saturated carbocycles. The number of rotatable bonds is 2. The highest BCUT2D eigenvalue weighted by atomic mass is 19.4. The number of benzene rings is 1. The highest BCUT2D eigenvalue weighted by molar-refractivity contribution is 6.03. The van der Waals surface area contributed by atoms with Crippen LogP contribution in [0.25, 0.3) is 0 Å². The van der Waals surface area contributed by atoms with Gasteiger partial charge in [0.1, 0.15) is 0 Å². The van der Waals surface area contributed by atoms with E-state index in [0.29, 0.717) is 0 Å². The molecule has 1 aromatic carbocycles. The van der Waals surface area contributed by atoms with E-state index in [-0.39, 0.29) is 42.6 Å². The zero-order valence-electron chi connectivity index (χ0n) is 12.2. The van der Waals surface area contributed by atoms with Gasteiger partial charge < -0.3 is 15.3 Å². The van der Waals surface area contributed by atoms with E-state index in [0.717, 1.165) is 6.07 Å². The van der Waals surface area contributed by atoms with Crippen LogP contribution >= 0.6 is 0 Å². The SMILES string of the molecule is CC1(O)CN(c2ccc(C3=NNC(=O)CN3)cc2C(F)(F)F)C1. The van der Waals surface area contributed by atoms with E-state index in [1.807, 2.05) is 0 Å². The first kappa shape index (κ1) is 15.6. The summed E-state index contributed by atoms with van der Waals surface area (Å²) in [6.45, 7) is 1.82. The number of alkyl halides is 3. The Morgan fingerprint density at radius 1 is 1.35 bits per heavy atom. The molecule has 0 bridgehead atoms. The zero-order chi connectivity index (χ0) is 16.8. The minimum absolute atomic E-state index is 0.0215. The van der Waals surface area contributed by atoms with E-state index in [1.165, 1.54) is 17.0 Å². The van der Waals surface area contributed by atoms with Crippen molar-refractivity contribution in [2.24, 2.45) is 5.10 Å². The van der Waals surface area contributed by atoms with Gasteiger partial charge in [0.25, 0.3) is 5.91 Å². The average Bonchev–Trinajstić information content (AvgIpc) is 2.44. The van der Waals surface area contributed by atoms with Crippen molar-refractivity contribution >= 4 is 17.4 Å². The molecule has 6 nitrogen and oxygen atoms in total. The maximum Gasteiger partial charge on any atom is 0.418 e. The number of β-amino-alcohol motifs (C(OH)–C–C–N with tert-alkyl or cyclic N) is 1. The lowest BCUT2D eigenvalue weighted by Crippen LogP contribution is -2.60. The number of halogens is 3. The number of nitrogens with one attached hydrogen (secondary N) is 2. The smallest absolute Gasteiger partial charge is 0.386 e. The molecule has 2 aliphatic rings. The van der Waals surface area contributed by atoms with Gasteiger partial charge in [-0.3, -0.25) is 4.79 Å². The van der Waals surface area contributed by atoms with Gasteiger partial charge in [-0.05, 0) is 25.1 Å².